The lowest BCUT2D eigenvalue weighted by Gasteiger charge is -2.20. The highest BCUT2D eigenvalue weighted by atomic mass is 16.6. The molecule has 2 aliphatic rings. The standard InChI is InChI=1S/C24H23N3O4/c1-2-16-4-3-5-17(10-16)27-24-20-11-22(30-18-6-8-28-13-18)23(12-21(20)25-15-26-24)31-19-7-9-29-14-19/h1,3-5,10-12,15,18-19H,6-9,13-14H2,(H,25,26,27)/t18-,19-/m0/s1. The zero-order valence-electron chi connectivity index (χ0n) is 17.0. The molecule has 5 rings (SSSR count). The Morgan fingerprint density at radius 2 is 1.71 bits per heavy atom. The first-order valence-corrected chi connectivity index (χ1v) is 10.4. The van der Waals surface area contributed by atoms with E-state index in [-0.39, 0.29) is 12.2 Å². The van der Waals surface area contributed by atoms with Gasteiger partial charge in [0.25, 0.3) is 0 Å². The molecule has 0 saturated carbocycles. The van der Waals surface area contributed by atoms with Crippen molar-refractivity contribution in [3.63, 3.8) is 0 Å². The molecular formula is C24H23N3O4. The van der Waals surface area contributed by atoms with Gasteiger partial charge in [-0.3, -0.25) is 0 Å². The second kappa shape index (κ2) is 8.80. The van der Waals surface area contributed by atoms with E-state index in [1.807, 2.05) is 36.4 Å². The number of aromatic nitrogens is 2. The van der Waals surface area contributed by atoms with Crippen molar-refractivity contribution in [2.45, 2.75) is 25.0 Å². The van der Waals surface area contributed by atoms with Crippen LogP contribution in [-0.4, -0.2) is 48.6 Å². The fraction of sp³-hybridized carbons (Fsp3) is 0.333. The molecule has 0 amide bonds. The molecule has 1 N–H and O–H groups in total. The molecule has 0 unspecified atom stereocenters. The van der Waals surface area contributed by atoms with Gasteiger partial charge in [-0.05, 0) is 24.3 Å². The largest absolute Gasteiger partial charge is 0.484 e. The molecule has 3 heterocycles. The number of ether oxygens (including phenoxy) is 4. The summed E-state index contributed by atoms with van der Waals surface area (Å²) in [5, 5.41) is 4.18. The molecule has 2 aromatic carbocycles. The van der Waals surface area contributed by atoms with Crippen LogP contribution in [0.2, 0.25) is 0 Å². The zero-order chi connectivity index (χ0) is 21.0. The molecule has 2 saturated heterocycles. The molecule has 0 aliphatic carbocycles. The van der Waals surface area contributed by atoms with Crippen LogP contribution in [-0.2, 0) is 9.47 Å². The lowest BCUT2D eigenvalue weighted by Crippen LogP contribution is -2.19. The number of hydrogen-bond acceptors (Lipinski definition) is 7. The minimum Gasteiger partial charge on any atom is -0.484 e. The lowest BCUT2D eigenvalue weighted by atomic mass is 10.1. The molecule has 31 heavy (non-hydrogen) atoms. The zero-order valence-corrected chi connectivity index (χ0v) is 17.0. The maximum atomic E-state index is 6.27. The van der Waals surface area contributed by atoms with Gasteiger partial charge in [0.05, 0.1) is 31.9 Å². The van der Waals surface area contributed by atoms with Crippen LogP contribution in [0.3, 0.4) is 0 Å². The van der Waals surface area contributed by atoms with E-state index < -0.39 is 0 Å². The number of nitrogens with one attached hydrogen (secondary N) is 1. The van der Waals surface area contributed by atoms with Crippen LogP contribution < -0.4 is 14.8 Å². The monoisotopic (exact) mass is 417 g/mol. The van der Waals surface area contributed by atoms with Crippen LogP contribution in [0.1, 0.15) is 18.4 Å². The number of terminal acetylenes is 1. The number of rotatable bonds is 6. The second-order valence-electron chi connectivity index (χ2n) is 7.60. The van der Waals surface area contributed by atoms with E-state index in [9.17, 15) is 0 Å². The predicted octanol–water partition coefficient (Wildman–Crippen LogP) is 3.69. The third-order valence-corrected chi connectivity index (χ3v) is 5.36. The first kappa shape index (κ1) is 19.6. The summed E-state index contributed by atoms with van der Waals surface area (Å²) in [5.74, 6) is 4.64. The lowest BCUT2D eigenvalue weighted by molar-refractivity contribution is 0.123. The Hall–Kier alpha value is -3.34. The van der Waals surface area contributed by atoms with Gasteiger partial charge in [-0.1, -0.05) is 12.0 Å². The van der Waals surface area contributed by atoms with Crippen molar-refractivity contribution in [3.05, 3.63) is 48.3 Å². The van der Waals surface area contributed by atoms with Gasteiger partial charge in [-0.15, -0.1) is 6.42 Å². The maximum absolute atomic E-state index is 6.27. The summed E-state index contributed by atoms with van der Waals surface area (Å²) in [5.41, 5.74) is 2.41. The van der Waals surface area contributed by atoms with Crippen LogP contribution in [0.4, 0.5) is 11.5 Å². The van der Waals surface area contributed by atoms with Crippen molar-refractivity contribution in [2.24, 2.45) is 0 Å². The van der Waals surface area contributed by atoms with Gasteiger partial charge >= 0.3 is 0 Å². The van der Waals surface area contributed by atoms with E-state index in [1.165, 1.54) is 6.33 Å². The highest BCUT2D eigenvalue weighted by Crippen LogP contribution is 2.37. The van der Waals surface area contributed by atoms with Gasteiger partial charge in [-0.25, -0.2) is 9.97 Å². The molecule has 158 valence electrons. The van der Waals surface area contributed by atoms with E-state index >= 15 is 0 Å². The average molecular weight is 417 g/mol. The third-order valence-electron chi connectivity index (χ3n) is 5.36. The smallest absolute Gasteiger partial charge is 0.163 e. The quantitative estimate of drug-likeness (QED) is 0.613. The predicted molar refractivity (Wildman–Crippen MR) is 117 cm³/mol. The van der Waals surface area contributed by atoms with E-state index in [4.69, 9.17) is 25.4 Å². The Kier molecular flexibility index (Phi) is 5.57. The number of nitrogens with zero attached hydrogens (tertiary/aromatic N) is 2. The van der Waals surface area contributed by atoms with Gasteiger partial charge in [-0.2, -0.15) is 0 Å². The Morgan fingerprint density at radius 1 is 0.968 bits per heavy atom. The molecule has 7 nitrogen and oxygen atoms in total. The molecule has 0 bridgehead atoms. The molecule has 2 atom stereocenters. The van der Waals surface area contributed by atoms with Gasteiger partial charge in [0, 0.05) is 35.5 Å². The highest BCUT2D eigenvalue weighted by molar-refractivity contribution is 5.93. The minimum absolute atomic E-state index is 0.00515. The van der Waals surface area contributed by atoms with E-state index in [0.717, 1.165) is 35.0 Å². The van der Waals surface area contributed by atoms with E-state index in [0.29, 0.717) is 43.7 Å². The first-order chi connectivity index (χ1) is 15.3. The summed E-state index contributed by atoms with van der Waals surface area (Å²) in [6.07, 6.45) is 8.76. The SMILES string of the molecule is C#Cc1cccc(Nc2ncnc3cc(O[C@H]4CCOC4)c(O[C@H]4CCOC4)cc23)c1. The summed E-state index contributed by atoms with van der Waals surface area (Å²) >= 11 is 0. The second-order valence-corrected chi connectivity index (χ2v) is 7.60. The van der Waals surface area contributed by atoms with Gasteiger partial charge in [0.2, 0.25) is 0 Å². The average Bonchev–Trinajstić information content (AvgIpc) is 3.49. The fourth-order valence-corrected chi connectivity index (χ4v) is 3.74. The molecule has 0 radical (unpaired) electrons. The number of hydrogen-bond donors (Lipinski definition) is 1. The molecular weight excluding hydrogens is 394 g/mol. The summed E-state index contributed by atoms with van der Waals surface area (Å²) < 4.78 is 23.4. The van der Waals surface area contributed by atoms with Crippen molar-refractivity contribution in [1.82, 2.24) is 9.97 Å². The molecule has 0 spiro atoms. The Labute approximate surface area is 180 Å². The molecule has 1 aromatic heterocycles. The van der Waals surface area contributed by atoms with Crippen molar-refractivity contribution >= 4 is 22.4 Å². The normalized spacial score (nSPS) is 20.5. The third kappa shape index (κ3) is 4.41. The molecule has 2 aliphatic heterocycles. The van der Waals surface area contributed by atoms with Crippen LogP contribution in [0.5, 0.6) is 11.5 Å². The van der Waals surface area contributed by atoms with Gasteiger partial charge in [0.1, 0.15) is 24.4 Å². The Balaban J connectivity index is 1.52. The maximum Gasteiger partial charge on any atom is 0.163 e. The molecule has 3 aromatic rings. The van der Waals surface area contributed by atoms with Crippen LogP contribution >= 0.6 is 0 Å². The summed E-state index contributed by atoms with van der Waals surface area (Å²) in [4.78, 5) is 8.90. The van der Waals surface area contributed by atoms with Crippen molar-refractivity contribution in [3.8, 4) is 23.8 Å². The number of benzene rings is 2. The fourth-order valence-electron chi connectivity index (χ4n) is 3.74. The minimum atomic E-state index is -0.00650. The van der Waals surface area contributed by atoms with Crippen molar-refractivity contribution in [1.29, 1.82) is 0 Å². The summed E-state index contributed by atoms with van der Waals surface area (Å²) in [6, 6.07) is 11.5. The van der Waals surface area contributed by atoms with Gasteiger partial charge in [0.15, 0.2) is 11.5 Å². The van der Waals surface area contributed by atoms with E-state index in [1.54, 1.807) is 0 Å². The van der Waals surface area contributed by atoms with Crippen molar-refractivity contribution in [2.75, 3.05) is 31.7 Å². The Bertz CT molecular complexity index is 1120. The van der Waals surface area contributed by atoms with E-state index in [2.05, 4.69) is 21.2 Å². The Morgan fingerprint density at radius 3 is 2.39 bits per heavy atom. The summed E-state index contributed by atoms with van der Waals surface area (Å²) in [6.45, 7) is 2.55. The van der Waals surface area contributed by atoms with Gasteiger partial charge < -0.3 is 24.3 Å². The van der Waals surface area contributed by atoms with Crippen molar-refractivity contribution < 1.29 is 18.9 Å². The number of fused-ring (bicyclic) bond motifs is 1. The summed E-state index contributed by atoms with van der Waals surface area (Å²) in [7, 11) is 0. The first-order valence-electron chi connectivity index (χ1n) is 10.4. The number of anilines is 2. The molecule has 7 heteroatoms. The van der Waals surface area contributed by atoms with Crippen LogP contribution in [0.15, 0.2) is 42.7 Å². The van der Waals surface area contributed by atoms with Crippen LogP contribution in [0.25, 0.3) is 10.9 Å². The topological polar surface area (TPSA) is 74.7 Å². The highest BCUT2D eigenvalue weighted by Gasteiger charge is 2.24. The molecule has 2 fully saturated rings. The van der Waals surface area contributed by atoms with Crippen LogP contribution in [0, 0.1) is 12.3 Å².